The first-order valence-electron chi connectivity index (χ1n) is 2.86. The number of nitrogen functional groups attached to an aromatic ring is 1. The van der Waals surface area contributed by atoms with Crippen LogP contribution in [-0.2, 0) is 6.54 Å². The SMILES string of the molecule is CCn1ccnc1NN.Cl.Cl.Cl. The summed E-state index contributed by atoms with van der Waals surface area (Å²) in [7, 11) is 0. The van der Waals surface area contributed by atoms with Crippen molar-refractivity contribution in [3.63, 3.8) is 0 Å². The molecule has 1 aromatic rings. The zero-order chi connectivity index (χ0) is 6.69. The normalized spacial score (nSPS) is 7.17. The highest BCUT2D eigenvalue weighted by Gasteiger charge is 1.93. The smallest absolute Gasteiger partial charge is 0.217 e. The molecule has 1 aromatic heterocycles. The van der Waals surface area contributed by atoms with Crippen LogP contribution in [0.5, 0.6) is 0 Å². The fourth-order valence-electron chi connectivity index (χ4n) is 0.705. The molecular formula is C5H13Cl3N4. The molecule has 0 spiro atoms. The first-order chi connectivity index (χ1) is 4.38. The number of nitrogens with zero attached hydrogens (tertiary/aromatic N) is 2. The summed E-state index contributed by atoms with van der Waals surface area (Å²) in [5.41, 5.74) is 2.48. The van der Waals surface area contributed by atoms with Crippen molar-refractivity contribution in [1.29, 1.82) is 0 Å². The molecule has 3 N–H and O–H groups in total. The van der Waals surface area contributed by atoms with Crippen LogP contribution in [0.25, 0.3) is 0 Å². The van der Waals surface area contributed by atoms with E-state index >= 15 is 0 Å². The molecular weight excluding hydrogens is 222 g/mol. The van der Waals surface area contributed by atoms with Gasteiger partial charge in [0.25, 0.3) is 0 Å². The number of hydrogen-bond donors (Lipinski definition) is 2. The van der Waals surface area contributed by atoms with Crippen molar-refractivity contribution < 1.29 is 0 Å². The number of hydrazine groups is 1. The van der Waals surface area contributed by atoms with E-state index in [0.717, 1.165) is 6.54 Å². The Labute approximate surface area is 90.1 Å². The Morgan fingerprint density at radius 2 is 2.08 bits per heavy atom. The number of hydrogen-bond acceptors (Lipinski definition) is 3. The summed E-state index contributed by atoms with van der Waals surface area (Å²) >= 11 is 0. The van der Waals surface area contributed by atoms with E-state index in [-0.39, 0.29) is 37.2 Å². The van der Waals surface area contributed by atoms with Gasteiger partial charge in [0.05, 0.1) is 0 Å². The maximum Gasteiger partial charge on any atom is 0.217 e. The quantitative estimate of drug-likeness (QED) is 0.603. The highest BCUT2D eigenvalue weighted by Crippen LogP contribution is 1.99. The summed E-state index contributed by atoms with van der Waals surface area (Å²) in [6.45, 7) is 2.92. The van der Waals surface area contributed by atoms with E-state index in [9.17, 15) is 0 Å². The fourth-order valence-corrected chi connectivity index (χ4v) is 0.705. The Morgan fingerprint density at radius 3 is 2.42 bits per heavy atom. The number of nitrogens with two attached hydrogens (primary N) is 1. The number of halogens is 3. The van der Waals surface area contributed by atoms with Crippen LogP contribution in [0, 0.1) is 0 Å². The molecule has 0 radical (unpaired) electrons. The number of imidazole rings is 1. The van der Waals surface area contributed by atoms with Crippen LogP contribution in [0.3, 0.4) is 0 Å². The van der Waals surface area contributed by atoms with Crippen molar-refractivity contribution in [2.75, 3.05) is 5.43 Å². The van der Waals surface area contributed by atoms with Crippen LogP contribution in [0.1, 0.15) is 6.92 Å². The third kappa shape index (κ3) is 4.01. The van der Waals surface area contributed by atoms with Gasteiger partial charge in [0.15, 0.2) is 0 Å². The number of nitrogens with one attached hydrogen (secondary N) is 1. The van der Waals surface area contributed by atoms with Crippen LogP contribution in [0.2, 0.25) is 0 Å². The molecule has 0 saturated carbocycles. The molecule has 0 aliphatic carbocycles. The van der Waals surface area contributed by atoms with Crippen LogP contribution in [0.15, 0.2) is 12.4 Å². The van der Waals surface area contributed by atoms with Crippen molar-refractivity contribution in [3.05, 3.63) is 12.4 Å². The second kappa shape index (κ2) is 8.93. The summed E-state index contributed by atoms with van der Waals surface area (Å²) < 4.78 is 1.92. The van der Waals surface area contributed by atoms with E-state index < -0.39 is 0 Å². The molecule has 0 unspecified atom stereocenters. The van der Waals surface area contributed by atoms with E-state index in [4.69, 9.17) is 5.84 Å². The molecule has 4 nitrogen and oxygen atoms in total. The Morgan fingerprint density at radius 1 is 1.50 bits per heavy atom. The van der Waals surface area contributed by atoms with Gasteiger partial charge in [-0.1, -0.05) is 0 Å². The lowest BCUT2D eigenvalue weighted by molar-refractivity contribution is 0.766. The molecule has 0 atom stereocenters. The van der Waals surface area contributed by atoms with E-state index in [1.165, 1.54) is 0 Å². The van der Waals surface area contributed by atoms with Crippen molar-refractivity contribution in [1.82, 2.24) is 9.55 Å². The minimum absolute atomic E-state index is 0. The first kappa shape index (κ1) is 17.8. The van der Waals surface area contributed by atoms with Crippen LogP contribution < -0.4 is 11.3 Å². The lowest BCUT2D eigenvalue weighted by Crippen LogP contribution is -2.12. The van der Waals surface area contributed by atoms with E-state index in [1.54, 1.807) is 6.20 Å². The van der Waals surface area contributed by atoms with E-state index in [2.05, 4.69) is 10.4 Å². The van der Waals surface area contributed by atoms with Gasteiger partial charge < -0.3 is 4.57 Å². The Balaban J connectivity index is -0.000000270. The van der Waals surface area contributed by atoms with Gasteiger partial charge in [0.2, 0.25) is 5.95 Å². The third-order valence-corrected chi connectivity index (χ3v) is 1.19. The monoisotopic (exact) mass is 234 g/mol. The summed E-state index contributed by atoms with van der Waals surface area (Å²) in [4.78, 5) is 3.93. The average Bonchev–Trinajstić information content (AvgIpc) is 2.33. The molecule has 0 amide bonds. The Bertz CT molecular complexity index is 172. The topological polar surface area (TPSA) is 55.9 Å². The molecule has 0 saturated heterocycles. The molecule has 0 fully saturated rings. The van der Waals surface area contributed by atoms with E-state index in [0.29, 0.717) is 5.95 Å². The maximum absolute atomic E-state index is 5.14. The molecule has 0 bridgehead atoms. The Hall–Kier alpha value is -0.160. The molecule has 74 valence electrons. The highest BCUT2D eigenvalue weighted by molar-refractivity contribution is 5.86. The molecule has 0 aromatic carbocycles. The van der Waals surface area contributed by atoms with Gasteiger partial charge in [-0.05, 0) is 6.92 Å². The van der Waals surface area contributed by atoms with Crippen molar-refractivity contribution >= 4 is 43.2 Å². The standard InChI is InChI=1S/C5H10N4.3ClH/c1-2-9-4-3-7-5(9)8-6;;;/h3-4H,2,6H2,1H3,(H,7,8);3*1H. The average molecular weight is 236 g/mol. The van der Waals surface area contributed by atoms with Gasteiger partial charge in [-0.25, -0.2) is 10.8 Å². The number of anilines is 1. The minimum atomic E-state index is 0. The van der Waals surface area contributed by atoms with Crippen molar-refractivity contribution in [2.24, 2.45) is 5.84 Å². The van der Waals surface area contributed by atoms with Gasteiger partial charge >= 0.3 is 0 Å². The number of aromatic nitrogens is 2. The summed E-state index contributed by atoms with van der Waals surface area (Å²) in [5.74, 6) is 5.84. The van der Waals surface area contributed by atoms with Crippen LogP contribution >= 0.6 is 37.2 Å². The molecule has 12 heavy (non-hydrogen) atoms. The van der Waals surface area contributed by atoms with Crippen LogP contribution in [-0.4, -0.2) is 9.55 Å². The molecule has 0 aliphatic heterocycles. The van der Waals surface area contributed by atoms with Gasteiger partial charge in [-0.3, -0.25) is 5.43 Å². The number of aryl methyl sites for hydroxylation is 1. The predicted octanol–water partition coefficient (Wildman–Crippen LogP) is 1.45. The first-order valence-corrected chi connectivity index (χ1v) is 2.86. The summed E-state index contributed by atoms with van der Waals surface area (Å²) in [6.07, 6.45) is 3.58. The Kier molecular flexibility index (Phi) is 13.3. The fraction of sp³-hybridized carbons (Fsp3) is 0.400. The van der Waals surface area contributed by atoms with Gasteiger partial charge in [0, 0.05) is 18.9 Å². The molecule has 1 rings (SSSR count). The zero-order valence-electron chi connectivity index (χ0n) is 6.56. The van der Waals surface area contributed by atoms with Crippen LogP contribution in [0.4, 0.5) is 5.95 Å². The summed E-state index contributed by atoms with van der Waals surface area (Å²) in [6, 6.07) is 0. The second-order valence-electron chi connectivity index (χ2n) is 1.68. The zero-order valence-corrected chi connectivity index (χ0v) is 9.01. The third-order valence-electron chi connectivity index (χ3n) is 1.19. The molecule has 0 aliphatic rings. The largest absolute Gasteiger partial charge is 0.317 e. The maximum atomic E-state index is 5.14. The second-order valence-corrected chi connectivity index (χ2v) is 1.68. The van der Waals surface area contributed by atoms with Gasteiger partial charge in [-0.2, -0.15) is 0 Å². The predicted molar refractivity (Wildman–Crippen MR) is 57.5 cm³/mol. The van der Waals surface area contributed by atoms with Gasteiger partial charge in [-0.15, -0.1) is 37.2 Å². The van der Waals surface area contributed by atoms with Crippen molar-refractivity contribution in [2.45, 2.75) is 13.5 Å². The lowest BCUT2D eigenvalue weighted by atomic mass is 10.7. The van der Waals surface area contributed by atoms with E-state index in [1.807, 2.05) is 17.7 Å². The minimum Gasteiger partial charge on any atom is -0.317 e. The highest BCUT2D eigenvalue weighted by atomic mass is 35.5. The van der Waals surface area contributed by atoms with Gasteiger partial charge in [0.1, 0.15) is 0 Å². The molecule has 7 heteroatoms. The summed E-state index contributed by atoms with van der Waals surface area (Å²) in [5, 5.41) is 0. The van der Waals surface area contributed by atoms with Crippen molar-refractivity contribution in [3.8, 4) is 0 Å². The lowest BCUT2D eigenvalue weighted by Gasteiger charge is -2.00. The molecule has 1 heterocycles. The number of rotatable bonds is 2.